The van der Waals surface area contributed by atoms with Crippen molar-refractivity contribution < 1.29 is 14.9 Å². The van der Waals surface area contributed by atoms with Gasteiger partial charge in [-0.05, 0) is 48.9 Å². The molecule has 4 rings (SSSR count). The number of hydrogen-bond acceptors (Lipinski definition) is 5. The lowest BCUT2D eigenvalue weighted by Crippen LogP contribution is -2.25. The summed E-state index contributed by atoms with van der Waals surface area (Å²) in [5.41, 5.74) is 12.3. The summed E-state index contributed by atoms with van der Waals surface area (Å²) in [7, 11) is 0. The molecule has 0 amide bonds. The van der Waals surface area contributed by atoms with Crippen LogP contribution in [0.5, 0.6) is 17.2 Å². The lowest BCUT2D eigenvalue weighted by Gasteiger charge is -2.26. The maximum absolute atomic E-state index is 9.76. The molecular formula is C22H20N2O3. The molecule has 0 aromatic heterocycles. The van der Waals surface area contributed by atoms with E-state index in [4.69, 9.17) is 4.74 Å². The summed E-state index contributed by atoms with van der Waals surface area (Å²) in [6, 6.07) is 20.2. The van der Waals surface area contributed by atoms with Gasteiger partial charge in [-0.1, -0.05) is 29.8 Å². The van der Waals surface area contributed by atoms with Gasteiger partial charge in [0.05, 0.1) is 11.4 Å². The van der Waals surface area contributed by atoms with Gasteiger partial charge in [0.1, 0.15) is 23.9 Å². The van der Waals surface area contributed by atoms with E-state index in [1.807, 2.05) is 49.4 Å². The van der Waals surface area contributed by atoms with Gasteiger partial charge in [0.2, 0.25) is 0 Å². The topological polar surface area (TPSA) is 73.8 Å². The number of anilines is 1. The van der Waals surface area contributed by atoms with E-state index in [0.29, 0.717) is 12.4 Å². The van der Waals surface area contributed by atoms with Gasteiger partial charge in [-0.15, -0.1) is 0 Å². The summed E-state index contributed by atoms with van der Waals surface area (Å²) >= 11 is 0. The van der Waals surface area contributed by atoms with Crippen LogP contribution in [0.15, 0.2) is 66.7 Å². The van der Waals surface area contributed by atoms with E-state index in [1.54, 1.807) is 24.3 Å². The molecule has 0 radical (unpaired) electrons. The Morgan fingerprint density at radius 2 is 1.52 bits per heavy atom. The largest absolute Gasteiger partial charge is 0.508 e. The summed E-state index contributed by atoms with van der Waals surface area (Å²) in [6.07, 6.45) is 0. The van der Waals surface area contributed by atoms with E-state index in [9.17, 15) is 10.2 Å². The third kappa shape index (κ3) is 3.53. The standard InChI is InChI=1S/C22H20N2O3/c1-14-2-6-16(7-3-14)23-24-22-19-11-10-18(26)12-21(19)27-13-20(22)15-4-8-17(25)9-5-15/h2-12,23-26H,13H2,1H3. The molecule has 1 heterocycles. The lowest BCUT2D eigenvalue weighted by atomic mass is 9.97. The minimum absolute atomic E-state index is 0.160. The van der Waals surface area contributed by atoms with Crippen LogP contribution in [0, 0.1) is 6.92 Å². The number of phenols is 2. The number of hydrazine groups is 1. The summed E-state index contributed by atoms with van der Waals surface area (Å²) < 4.78 is 5.85. The maximum Gasteiger partial charge on any atom is 0.132 e. The lowest BCUT2D eigenvalue weighted by molar-refractivity contribution is 0.360. The van der Waals surface area contributed by atoms with Crippen LogP contribution in [0.4, 0.5) is 5.69 Å². The number of fused-ring (bicyclic) bond motifs is 1. The summed E-state index contributed by atoms with van der Waals surface area (Å²) in [6.45, 7) is 2.39. The Balaban J connectivity index is 1.74. The van der Waals surface area contributed by atoms with Crippen LogP contribution in [0.25, 0.3) is 11.3 Å². The zero-order valence-electron chi connectivity index (χ0n) is 14.9. The van der Waals surface area contributed by atoms with Gasteiger partial charge in [0.15, 0.2) is 0 Å². The van der Waals surface area contributed by atoms with Gasteiger partial charge >= 0.3 is 0 Å². The first kappa shape index (κ1) is 16.8. The van der Waals surface area contributed by atoms with E-state index in [0.717, 1.165) is 28.1 Å². The summed E-state index contributed by atoms with van der Waals surface area (Å²) in [5, 5.41) is 19.3. The zero-order valence-corrected chi connectivity index (χ0v) is 14.9. The molecular weight excluding hydrogens is 340 g/mol. The molecule has 0 spiro atoms. The van der Waals surface area contributed by atoms with Gasteiger partial charge in [-0.3, -0.25) is 5.43 Å². The number of aryl methyl sites for hydroxylation is 1. The highest BCUT2D eigenvalue weighted by atomic mass is 16.5. The average molecular weight is 360 g/mol. The summed E-state index contributed by atoms with van der Waals surface area (Å²) in [5.74, 6) is 0.993. The van der Waals surface area contributed by atoms with Crippen molar-refractivity contribution >= 4 is 17.0 Å². The van der Waals surface area contributed by atoms with Crippen molar-refractivity contribution in [1.82, 2.24) is 5.43 Å². The van der Waals surface area contributed by atoms with Crippen molar-refractivity contribution in [3.05, 3.63) is 83.4 Å². The molecule has 1 aliphatic heterocycles. The van der Waals surface area contributed by atoms with Gasteiger partial charge in [0.25, 0.3) is 0 Å². The molecule has 5 nitrogen and oxygen atoms in total. The van der Waals surface area contributed by atoms with Gasteiger partial charge in [-0.25, -0.2) is 0 Å². The number of hydrogen-bond donors (Lipinski definition) is 4. The molecule has 136 valence electrons. The number of rotatable bonds is 4. The van der Waals surface area contributed by atoms with Gasteiger partial charge in [0, 0.05) is 17.2 Å². The second-order valence-corrected chi connectivity index (χ2v) is 6.49. The highest BCUT2D eigenvalue weighted by Crippen LogP contribution is 2.37. The van der Waals surface area contributed by atoms with Crippen LogP contribution in [-0.2, 0) is 0 Å². The molecule has 1 aliphatic rings. The van der Waals surface area contributed by atoms with Crippen LogP contribution < -0.4 is 15.6 Å². The van der Waals surface area contributed by atoms with Crippen molar-refractivity contribution in [3.63, 3.8) is 0 Å². The van der Waals surface area contributed by atoms with E-state index in [2.05, 4.69) is 10.9 Å². The second-order valence-electron chi connectivity index (χ2n) is 6.49. The molecule has 0 saturated carbocycles. The minimum atomic E-state index is 0.160. The Hall–Kier alpha value is -3.60. The summed E-state index contributed by atoms with van der Waals surface area (Å²) in [4.78, 5) is 0. The fourth-order valence-corrected chi connectivity index (χ4v) is 3.03. The SMILES string of the molecule is Cc1ccc(NNC2=C(c3ccc(O)cc3)COc3cc(O)ccc32)cc1. The molecule has 27 heavy (non-hydrogen) atoms. The Morgan fingerprint density at radius 1 is 0.815 bits per heavy atom. The van der Waals surface area contributed by atoms with Crippen molar-refractivity contribution in [2.75, 3.05) is 12.0 Å². The number of benzene rings is 3. The first-order valence-corrected chi connectivity index (χ1v) is 8.67. The minimum Gasteiger partial charge on any atom is -0.508 e. The number of aromatic hydroxyl groups is 2. The molecule has 5 heteroatoms. The Kier molecular flexibility index (Phi) is 4.34. The van der Waals surface area contributed by atoms with E-state index in [-0.39, 0.29) is 11.5 Å². The highest BCUT2D eigenvalue weighted by Gasteiger charge is 2.22. The van der Waals surface area contributed by atoms with Crippen LogP contribution in [0.3, 0.4) is 0 Å². The fourth-order valence-electron chi connectivity index (χ4n) is 3.03. The average Bonchev–Trinajstić information content (AvgIpc) is 2.68. The van der Waals surface area contributed by atoms with Crippen molar-refractivity contribution in [3.8, 4) is 17.2 Å². The molecule has 0 atom stereocenters. The molecule has 0 unspecified atom stereocenters. The molecule has 0 fully saturated rings. The smallest absolute Gasteiger partial charge is 0.132 e. The second kappa shape index (κ2) is 6.96. The maximum atomic E-state index is 9.76. The molecule has 0 aliphatic carbocycles. The number of ether oxygens (including phenoxy) is 1. The first-order chi connectivity index (χ1) is 13.1. The van der Waals surface area contributed by atoms with Crippen LogP contribution >= 0.6 is 0 Å². The Labute approximate surface area is 157 Å². The first-order valence-electron chi connectivity index (χ1n) is 8.67. The quantitative estimate of drug-likeness (QED) is 0.523. The number of nitrogens with one attached hydrogen (secondary N) is 2. The van der Waals surface area contributed by atoms with E-state index in [1.165, 1.54) is 5.56 Å². The van der Waals surface area contributed by atoms with Crippen LogP contribution in [0.2, 0.25) is 0 Å². The van der Waals surface area contributed by atoms with Crippen molar-refractivity contribution in [2.45, 2.75) is 6.92 Å². The Bertz CT molecular complexity index is 993. The number of phenolic OH excluding ortho intramolecular Hbond substituents is 2. The van der Waals surface area contributed by atoms with E-state index < -0.39 is 0 Å². The molecule has 0 saturated heterocycles. The van der Waals surface area contributed by atoms with Crippen molar-refractivity contribution in [1.29, 1.82) is 0 Å². The molecule has 4 N–H and O–H groups in total. The monoisotopic (exact) mass is 360 g/mol. The molecule has 3 aromatic carbocycles. The molecule has 3 aromatic rings. The predicted octanol–water partition coefficient (Wildman–Crippen LogP) is 4.28. The van der Waals surface area contributed by atoms with E-state index >= 15 is 0 Å². The highest BCUT2D eigenvalue weighted by molar-refractivity contribution is 5.94. The zero-order chi connectivity index (χ0) is 18.8. The third-order valence-electron chi connectivity index (χ3n) is 4.51. The van der Waals surface area contributed by atoms with Crippen molar-refractivity contribution in [2.24, 2.45) is 0 Å². The Morgan fingerprint density at radius 3 is 2.26 bits per heavy atom. The normalized spacial score (nSPS) is 12.9. The van der Waals surface area contributed by atoms with Gasteiger partial charge in [-0.2, -0.15) is 0 Å². The van der Waals surface area contributed by atoms with Crippen LogP contribution in [-0.4, -0.2) is 16.8 Å². The molecule has 0 bridgehead atoms. The third-order valence-corrected chi connectivity index (χ3v) is 4.51. The fraction of sp³-hybridized carbons (Fsp3) is 0.0909. The predicted molar refractivity (Wildman–Crippen MR) is 106 cm³/mol. The van der Waals surface area contributed by atoms with Crippen LogP contribution in [0.1, 0.15) is 16.7 Å². The van der Waals surface area contributed by atoms with Gasteiger partial charge < -0.3 is 20.4 Å².